The van der Waals surface area contributed by atoms with Gasteiger partial charge in [-0.05, 0) is 109 Å². The number of pyridine rings is 1. The molecule has 368 valence electrons. The summed E-state index contributed by atoms with van der Waals surface area (Å²) < 4.78 is 142. The summed E-state index contributed by atoms with van der Waals surface area (Å²) in [5.41, 5.74) is 4.05. The van der Waals surface area contributed by atoms with Crippen LogP contribution in [0.3, 0.4) is 0 Å². The molecule has 0 aliphatic carbocycles. The fourth-order valence-electron chi connectivity index (χ4n) is 9.30. The Hall–Kier alpha value is -7.13. The van der Waals surface area contributed by atoms with Gasteiger partial charge in [-0.3, -0.25) is 9.55 Å². The summed E-state index contributed by atoms with van der Waals surface area (Å²) in [6.45, 7) is 3.02. The predicted octanol–water partition coefficient (Wildman–Crippen LogP) is 18.4. The first kappa shape index (κ1) is 34.3. The fraction of sp³-hybridized carbons (Fsp3) is 0.206. The summed E-state index contributed by atoms with van der Waals surface area (Å²) in [6.07, 6.45) is -0.764. The van der Waals surface area contributed by atoms with Gasteiger partial charge in [0.25, 0.3) is 0 Å². The minimum Gasteiger partial charge on any atom is -0.507 e. The molecule has 2 aromatic heterocycles. The molecule has 0 aliphatic rings. The summed E-state index contributed by atoms with van der Waals surface area (Å²) in [7, 11) is 0. The third-order valence-corrected chi connectivity index (χ3v) is 13.1. The maximum absolute atomic E-state index is 12.7. The zero-order valence-electron chi connectivity index (χ0n) is 57.6. The van der Waals surface area contributed by atoms with Crippen molar-refractivity contribution >= 4 is 11.0 Å². The molecule has 0 bridgehead atoms. The SMILES string of the molecule is [2H]c1nc(-c2[c-]c(-c3cccc4c3nc(-c3cc(C(C)C)cc(C(C)C)c3O)n4-c3cc(-c4ccccc4)c(C(C)(C)C)cc3-c3ccccc3)cc(-c3ccccc3)c2)c([2H])c(-c2c([2H])c([2H])c(C(C([2H])([2H])[2H])(C([2H])([2H])[2H])C([2H])([2H])[2H])c([2H])c2[2H])c1[2H].[Pt]. The van der Waals surface area contributed by atoms with E-state index in [2.05, 4.69) is 86.6 Å². The molecular formula is C68H64N3OPt-. The van der Waals surface area contributed by atoms with Crippen molar-refractivity contribution in [3.63, 3.8) is 0 Å². The molecule has 4 nitrogen and oxygen atoms in total. The smallest absolute Gasteiger partial charge is 0.148 e. The van der Waals surface area contributed by atoms with Gasteiger partial charge in [0.2, 0.25) is 0 Å². The molecule has 0 radical (unpaired) electrons. The number of aromatic nitrogens is 3. The fourth-order valence-corrected chi connectivity index (χ4v) is 9.30. The van der Waals surface area contributed by atoms with Gasteiger partial charge in [-0.15, -0.1) is 23.8 Å². The Morgan fingerprint density at radius 2 is 1.21 bits per heavy atom. The van der Waals surface area contributed by atoms with Crippen molar-refractivity contribution in [2.45, 2.75) is 91.7 Å². The molecular weight excluding hydrogens is 1070 g/mol. The van der Waals surface area contributed by atoms with Crippen LogP contribution in [0, 0.1) is 6.07 Å². The van der Waals surface area contributed by atoms with Gasteiger partial charge in [0, 0.05) is 50.8 Å². The van der Waals surface area contributed by atoms with Gasteiger partial charge < -0.3 is 5.11 Å². The topological polar surface area (TPSA) is 50.9 Å². The summed E-state index contributed by atoms with van der Waals surface area (Å²) in [5, 5.41) is 12.7. The maximum Gasteiger partial charge on any atom is 0.148 e. The second-order valence-electron chi connectivity index (χ2n) is 19.9. The number of fused-ring (bicyclic) bond motifs is 1. The average molecular weight is 1150 g/mol. The van der Waals surface area contributed by atoms with Gasteiger partial charge in [-0.2, -0.15) is 0 Å². The molecule has 10 rings (SSSR count). The van der Waals surface area contributed by atoms with E-state index in [9.17, 15) is 9.22 Å². The molecule has 10 aromatic rings. The zero-order chi connectivity index (χ0) is 64.1. The summed E-state index contributed by atoms with van der Waals surface area (Å²) in [5.74, 6) is 0.495. The van der Waals surface area contributed by atoms with Crippen molar-refractivity contribution in [3.8, 4) is 89.7 Å². The van der Waals surface area contributed by atoms with E-state index < -0.39 is 85.1 Å². The molecule has 0 aliphatic heterocycles. The predicted molar refractivity (Wildman–Crippen MR) is 303 cm³/mol. The number of benzene rings is 8. The number of phenolic OH excluding ortho intramolecular Hbond substituents is 1. The van der Waals surface area contributed by atoms with E-state index in [1.54, 1.807) is 6.07 Å². The molecule has 0 atom stereocenters. The number of aromatic hydroxyl groups is 1. The zero-order valence-corrected chi connectivity index (χ0v) is 43.9. The molecule has 0 saturated heterocycles. The Balaban J connectivity index is 0.00000941. The third-order valence-electron chi connectivity index (χ3n) is 13.1. The van der Waals surface area contributed by atoms with Crippen molar-refractivity contribution < 1.29 is 48.1 Å². The number of imidazole rings is 1. The Bertz CT molecular complexity index is 4300. The molecule has 0 fully saturated rings. The molecule has 0 amide bonds. The normalized spacial score (nSPS) is 15.6. The van der Waals surface area contributed by atoms with E-state index in [0.29, 0.717) is 44.7 Å². The number of nitrogens with zero attached hydrogens (tertiary/aromatic N) is 3. The first-order chi connectivity index (χ1) is 41.2. The van der Waals surface area contributed by atoms with Crippen LogP contribution in [0.15, 0.2) is 188 Å². The van der Waals surface area contributed by atoms with Crippen LogP contribution in [0.2, 0.25) is 0 Å². The van der Waals surface area contributed by atoms with Gasteiger partial charge >= 0.3 is 0 Å². The van der Waals surface area contributed by atoms with E-state index in [1.165, 1.54) is 0 Å². The van der Waals surface area contributed by atoms with Crippen LogP contribution in [0.4, 0.5) is 0 Å². The van der Waals surface area contributed by atoms with E-state index in [0.717, 1.165) is 44.6 Å². The van der Waals surface area contributed by atoms with Crippen molar-refractivity contribution in [1.82, 2.24) is 14.5 Å². The molecule has 8 aromatic carbocycles. The Morgan fingerprint density at radius 3 is 1.82 bits per heavy atom. The summed E-state index contributed by atoms with van der Waals surface area (Å²) in [4.78, 5) is 10.0. The third kappa shape index (κ3) is 10.2. The van der Waals surface area contributed by atoms with Crippen molar-refractivity contribution in [2.24, 2.45) is 0 Å². The van der Waals surface area contributed by atoms with Crippen LogP contribution in [-0.2, 0) is 31.9 Å². The van der Waals surface area contributed by atoms with E-state index in [-0.39, 0.29) is 55.3 Å². The Morgan fingerprint density at radius 1 is 0.575 bits per heavy atom. The largest absolute Gasteiger partial charge is 0.507 e. The van der Waals surface area contributed by atoms with Crippen LogP contribution in [0.1, 0.15) is 125 Å². The van der Waals surface area contributed by atoms with Crippen molar-refractivity contribution in [2.75, 3.05) is 0 Å². The van der Waals surface area contributed by atoms with Crippen LogP contribution in [0.25, 0.3) is 95.0 Å². The number of rotatable bonds is 10. The number of para-hydroxylation sites is 1. The maximum atomic E-state index is 12.7. The monoisotopic (exact) mass is 1150 g/mol. The van der Waals surface area contributed by atoms with Crippen LogP contribution in [-0.4, -0.2) is 19.6 Å². The van der Waals surface area contributed by atoms with E-state index >= 15 is 0 Å². The van der Waals surface area contributed by atoms with Gasteiger partial charge in [0.1, 0.15) is 11.6 Å². The average Bonchev–Trinajstić information content (AvgIpc) is 1.57. The molecule has 0 unspecified atom stereocenters. The quantitative estimate of drug-likeness (QED) is 0.139. The van der Waals surface area contributed by atoms with E-state index in [1.807, 2.05) is 117 Å². The van der Waals surface area contributed by atoms with Gasteiger partial charge in [0.15, 0.2) is 0 Å². The second-order valence-corrected chi connectivity index (χ2v) is 19.9. The molecule has 5 heteroatoms. The molecule has 0 spiro atoms. The second kappa shape index (κ2) is 20.4. The number of phenols is 1. The Labute approximate surface area is 469 Å². The number of hydrogen-bond acceptors (Lipinski definition) is 3. The standard InChI is InChI=1S/C68H64N3O.Pt/c1-43(2)50-38-56(44(3)4)65(72)59(39-50)66-70-64-55(27-20-28-62(64)71(66)63-42-57(47-23-16-12-17-24-47)60(68(8,9)10)41-58(63)48-25-18-13-19-26-48)52-35-51(45-21-14-11-15-22-45)36-53(37-52)61-40-49(33-34-69-61)46-29-31-54(32-30-46)67(5,6)7;/h11-36,38-44,72H,1-10H3;/q-1;/i5D3,6D3,7D3,29D,30D,31D,32D,33D,34D,40D;. The van der Waals surface area contributed by atoms with Crippen LogP contribution in [0.5, 0.6) is 5.75 Å². The first-order valence-electron chi connectivity index (χ1n) is 32.1. The van der Waals surface area contributed by atoms with Crippen molar-refractivity contribution in [1.29, 1.82) is 0 Å². The summed E-state index contributed by atoms with van der Waals surface area (Å²) in [6, 6.07) is 44.4. The molecule has 2 heterocycles. The number of hydrogen-bond donors (Lipinski definition) is 1. The first-order valence-corrected chi connectivity index (χ1v) is 24.1. The van der Waals surface area contributed by atoms with Crippen LogP contribution >= 0.6 is 0 Å². The molecule has 0 saturated carbocycles. The van der Waals surface area contributed by atoms with Crippen molar-refractivity contribution in [3.05, 3.63) is 216 Å². The summed E-state index contributed by atoms with van der Waals surface area (Å²) >= 11 is 0. The minimum atomic E-state index is -3.94. The van der Waals surface area contributed by atoms with Gasteiger partial charge in [0.05, 0.1) is 31.9 Å². The van der Waals surface area contributed by atoms with Gasteiger partial charge in [-0.1, -0.05) is 225 Å². The molecule has 1 N–H and O–H groups in total. The Kier molecular flexibility index (Phi) is 9.59. The minimum absolute atomic E-state index is 0. The van der Waals surface area contributed by atoms with Gasteiger partial charge in [-0.25, -0.2) is 4.98 Å². The molecule has 73 heavy (non-hydrogen) atoms. The van der Waals surface area contributed by atoms with Crippen LogP contribution < -0.4 is 0 Å². The van der Waals surface area contributed by atoms with E-state index in [4.69, 9.17) is 22.8 Å².